The van der Waals surface area contributed by atoms with Crippen LogP contribution in [0.3, 0.4) is 0 Å². The zero-order valence-corrected chi connectivity index (χ0v) is 46.2. The summed E-state index contributed by atoms with van der Waals surface area (Å²) in [5.74, 6) is 0. The summed E-state index contributed by atoms with van der Waals surface area (Å²) in [6.45, 7) is 9.10. The molecule has 0 saturated carbocycles. The van der Waals surface area contributed by atoms with Crippen LogP contribution in [0, 0.1) is 13.8 Å². The summed E-state index contributed by atoms with van der Waals surface area (Å²) in [7, 11) is 0. The fourth-order valence-corrected chi connectivity index (χ4v) is 15.0. The highest BCUT2D eigenvalue weighted by Crippen LogP contribution is 2.58. The van der Waals surface area contributed by atoms with Gasteiger partial charge in [0.2, 0.25) is 0 Å². The molecular formula is C79H66. The lowest BCUT2D eigenvalue weighted by Crippen LogP contribution is -2.28. The van der Waals surface area contributed by atoms with E-state index in [4.69, 9.17) is 0 Å². The van der Waals surface area contributed by atoms with Crippen molar-refractivity contribution >= 4 is 86.2 Å². The Bertz CT molecular complexity index is 4340. The summed E-state index contributed by atoms with van der Waals surface area (Å²) >= 11 is 0. The van der Waals surface area contributed by atoms with Crippen LogP contribution in [0.4, 0.5) is 0 Å². The molecule has 0 spiro atoms. The lowest BCUT2D eigenvalue weighted by Gasteiger charge is -2.35. The maximum atomic E-state index is 2.60. The van der Waals surface area contributed by atoms with Gasteiger partial charge in [0.25, 0.3) is 0 Å². The van der Waals surface area contributed by atoms with Crippen LogP contribution in [-0.4, -0.2) is 0 Å². The number of aryl methyl sites for hydroxylation is 4. The van der Waals surface area contributed by atoms with E-state index >= 15 is 0 Å². The predicted octanol–water partition coefficient (Wildman–Crippen LogP) is 22.3. The second-order valence-corrected chi connectivity index (χ2v) is 23.4. The van der Waals surface area contributed by atoms with Gasteiger partial charge in [0.05, 0.1) is 5.41 Å². The Balaban J connectivity index is 0.971. The maximum Gasteiger partial charge on any atom is 0.0714 e. The van der Waals surface area contributed by atoms with Crippen molar-refractivity contribution in [3.8, 4) is 33.4 Å². The Kier molecular flexibility index (Phi) is 11.5. The summed E-state index contributed by atoms with van der Waals surface area (Å²) in [5, 5.41) is 21.4. The topological polar surface area (TPSA) is 0 Å². The third-order valence-corrected chi connectivity index (χ3v) is 18.9. The fourth-order valence-electron chi connectivity index (χ4n) is 15.0. The molecular weight excluding hydrogens is 949 g/mol. The first-order valence-electron chi connectivity index (χ1n) is 29.6. The summed E-state index contributed by atoms with van der Waals surface area (Å²) in [5.41, 5.74) is 17.9. The highest BCUT2D eigenvalue weighted by atomic mass is 14.5. The Morgan fingerprint density at radius 1 is 0.278 bits per heavy atom. The maximum absolute atomic E-state index is 2.60. The zero-order valence-electron chi connectivity index (χ0n) is 46.2. The predicted molar refractivity (Wildman–Crippen MR) is 342 cm³/mol. The van der Waals surface area contributed by atoms with Gasteiger partial charge in [-0.2, -0.15) is 0 Å². The minimum Gasteiger partial charge on any atom is -0.0654 e. The largest absolute Gasteiger partial charge is 0.0714 e. The molecule has 0 aromatic heterocycles. The van der Waals surface area contributed by atoms with Crippen molar-refractivity contribution in [1.82, 2.24) is 0 Å². The second kappa shape index (κ2) is 19.0. The van der Waals surface area contributed by atoms with Crippen LogP contribution in [0.1, 0.15) is 110 Å². The molecule has 0 atom stereocenters. The van der Waals surface area contributed by atoms with Crippen LogP contribution in [0.5, 0.6) is 0 Å². The lowest BCUT2D eigenvalue weighted by atomic mass is 9.66. The molecule has 0 fully saturated rings. The standard InChI is InChI=1S/C79H66/c1-5-7-9-11-17-51-29-35-55(36-30-51)79(56-37-31-52(32-38-56)18-12-10-8-6-2)73-47-53(59-43-45-71-69-39-27-49(3)57-19-13-23-65(75(57)69)67-25-15-21-63(59)77(67)71)33-41-61(73)62-42-34-54(48-74(62)79)60-44-46-72-70-40-28-50(4)58-20-14-24-66(76(58)70)68-26-16-22-64(60)78(68)72/h13-16,19-48H,5-12,17-18H2,1-4H3. The van der Waals surface area contributed by atoms with E-state index in [2.05, 4.69) is 234 Å². The van der Waals surface area contributed by atoms with Crippen LogP contribution in [-0.2, 0) is 18.3 Å². The Morgan fingerprint density at radius 3 is 1.00 bits per heavy atom. The molecule has 0 heteroatoms. The smallest absolute Gasteiger partial charge is 0.0654 e. The highest BCUT2D eigenvalue weighted by Gasteiger charge is 2.47. The van der Waals surface area contributed by atoms with E-state index in [1.165, 1.54) is 215 Å². The minimum absolute atomic E-state index is 0.601. The molecule has 1 aliphatic rings. The van der Waals surface area contributed by atoms with E-state index < -0.39 is 5.41 Å². The van der Waals surface area contributed by atoms with Gasteiger partial charge >= 0.3 is 0 Å². The van der Waals surface area contributed by atoms with Crippen LogP contribution >= 0.6 is 0 Å². The van der Waals surface area contributed by atoms with Crippen LogP contribution in [0.15, 0.2) is 206 Å². The normalized spacial score (nSPS) is 13.2. The average molecular weight is 1020 g/mol. The lowest BCUT2D eigenvalue weighted by molar-refractivity contribution is 0.666. The molecule has 0 amide bonds. The number of fused-ring (bicyclic) bond motifs is 7. The Morgan fingerprint density at radius 2 is 0.608 bits per heavy atom. The number of hydrogen-bond donors (Lipinski definition) is 0. The third kappa shape index (κ3) is 7.26. The molecule has 0 radical (unpaired) electrons. The average Bonchev–Trinajstić information content (AvgIpc) is 4.00. The molecule has 79 heavy (non-hydrogen) atoms. The van der Waals surface area contributed by atoms with E-state index in [0.717, 1.165) is 12.8 Å². The van der Waals surface area contributed by atoms with Crippen LogP contribution in [0.2, 0.25) is 0 Å². The van der Waals surface area contributed by atoms with E-state index in [1.54, 1.807) is 0 Å². The summed E-state index contributed by atoms with van der Waals surface area (Å²) in [6, 6.07) is 81.5. The summed E-state index contributed by atoms with van der Waals surface area (Å²) in [4.78, 5) is 0. The van der Waals surface area contributed by atoms with Gasteiger partial charge in [-0.25, -0.2) is 0 Å². The first-order chi connectivity index (χ1) is 38.9. The quantitative estimate of drug-likeness (QED) is 0.0578. The third-order valence-electron chi connectivity index (χ3n) is 18.9. The van der Waals surface area contributed by atoms with E-state index in [0.29, 0.717) is 0 Å². The molecule has 14 aromatic rings. The van der Waals surface area contributed by atoms with Gasteiger partial charge in [-0.1, -0.05) is 246 Å². The molecule has 0 nitrogen and oxygen atoms in total. The number of unbranched alkanes of at least 4 members (excludes halogenated alkanes) is 6. The molecule has 382 valence electrons. The van der Waals surface area contributed by atoms with Crippen molar-refractivity contribution in [2.75, 3.05) is 0 Å². The molecule has 0 bridgehead atoms. The van der Waals surface area contributed by atoms with E-state index in [-0.39, 0.29) is 0 Å². The minimum atomic E-state index is -0.601. The van der Waals surface area contributed by atoms with Gasteiger partial charge in [-0.3, -0.25) is 0 Å². The highest BCUT2D eigenvalue weighted by molar-refractivity contribution is 6.36. The summed E-state index contributed by atoms with van der Waals surface area (Å²) in [6.07, 6.45) is 12.3. The van der Waals surface area contributed by atoms with E-state index in [9.17, 15) is 0 Å². The molecule has 14 aromatic carbocycles. The molecule has 1 aliphatic carbocycles. The number of rotatable bonds is 14. The van der Waals surface area contributed by atoms with Crippen molar-refractivity contribution in [3.05, 3.63) is 251 Å². The molecule has 0 saturated heterocycles. The van der Waals surface area contributed by atoms with Gasteiger partial charge in [0, 0.05) is 0 Å². The van der Waals surface area contributed by atoms with Gasteiger partial charge in [-0.05, 0) is 216 Å². The van der Waals surface area contributed by atoms with Crippen molar-refractivity contribution in [2.24, 2.45) is 0 Å². The van der Waals surface area contributed by atoms with Crippen molar-refractivity contribution in [2.45, 2.75) is 97.3 Å². The second-order valence-electron chi connectivity index (χ2n) is 23.4. The number of hydrogen-bond acceptors (Lipinski definition) is 0. The van der Waals surface area contributed by atoms with Crippen LogP contribution in [0.25, 0.3) is 120 Å². The van der Waals surface area contributed by atoms with Crippen LogP contribution < -0.4 is 0 Å². The van der Waals surface area contributed by atoms with Gasteiger partial charge < -0.3 is 0 Å². The molecule has 0 aliphatic heterocycles. The SMILES string of the molecule is CCCCCCc1ccc(C2(c3ccc(CCCCCC)cc3)c3cc(-c4ccc5c6ccc(C)c7cccc(c8cccc4c85)c76)ccc3-c3ccc(-c4ccc5c6ccc(C)c7cccc(c8cccc4c85)c76)cc32)cc1. The Hall–Kier alpha value is -8.32. The van der Waals surface area contributed by atoms with Gasteiger partial charge in [-0.15, -0.1) is 0 Å². The molecule has 0 heterocycles. The van der Waals surface area contributed by atoms with E-state index in [1.807, 2.05) is 0 Å². The Labute approximate surface area is 465 Å². The van der Waals surface area contributed by atoms with Gasteiger partial charge in [0.1, 0.15) is 0 Å². The molecule has 0 N–H and O–H groups in total. The zero-order chi connectivity index (χ0) is 52.9. The molecule has 0 unspecified atom stereocenters. The van der Waals surface area contributed by atoms with Crippen molar-refractivity contribution in [1.29, 1.82) is 0 Å². The number of benzene rings is 14. The fraction of sp³-hybridized carbons (Fsp3) is 0.190. The monoisotopic (exact) mass is 1010 g/mol. The first kappa shape index (κ1) is 47.9. The molecule has 15 rings (SSSR count). The first-order valence-corrected chi connectivity index (χ1v) is 29.6. The summed E-state index contributed by atoms with van der Waals surface area (Å²) < 4.78 is 0. The van der Waals surface area contributed by atoms with Crippen molar-refractivity contribution in [3.63, 3.8) is 0 Å². The van der Waals surface area contributed by atoms with Gasteiger partial charge in [0.15, 0.2) is 0 Å². The van der Waals surface area contributed by atoms with Crippen molar-refractivity contribution < 1.29 is 0 Å².